The van der Waals surface area contributed by atoms with Crippen molar-refractivity contribution in [3.63, 3.8) is 0 Å². The second-order valence-corrected chi connectivity index (χ2v) is 4.51. The van der Waals surface area contributed by atoms with E-state index in [2.05, 4.69) is 11.9 Å². The van der Waals surface area contributed by atoms with Gasteiger partial charge in [-0.2, -0.15) is 0 Å². The Bertz CT molecular complexity index is 476. The number of hydrogen-bond acceptors (Lipinski definition) is 2. The second-order valence-electron chi connectivity index (χ2n) is 4.14. The van der Waals surface area contributed by atoms with Crippen molar-refractivity contribution in [1.29, 1.82) is 0 Å². The van der Waals surface area contributed by atoms with Crippen molar-refractivity contribution in [3.05, 3.63) is 31.6 Å². The Morgan fingerprint density at radius 1 is 1.18 bits per heavy atom. The maximum Gasteiger partial charge on any atom is 0.329 e. The van der Waals surface area contributed by atoms with Crippen LogP contribution >= 0.6 is 11.6 Å². The van der Waals surface area contributed by atoms with Crippen molar-refractivity contribution in [2.24, 2.45) is 0 Å². The summed E-state index contributed by atoms with van der Waals surface area (Å²) in [6.07, 6.45) is 4.34. The molecule has 1 rings (SSSR count). The van der Waals surface area contributed by atoms with Crippen molar-refractivity contribution < 1.29 is 0 Å². The lowest BCUT2D eigenvalue weighted by atomic mass is 10.2. The predicted molar refractivity (Wildman–Crippen MR) is 69.9 cm³/mol. The SMILES string of the molecule is CCCCCn1c(=O)[nH]c(Cl)c(CCC)c1=O. The van der Waals surface area contributed by atoms with Gasteiger partial charge in [0, 0.05) is 6.54 Å². The van der Waals surface area contributed by atoms with Crippen LogP contribution in [0, 0.1) is 0 Å². The third-order valence-electron chi connectivity index (χ3n) is 2.72. The zero-order chi connectivity index (χ0) is 12.8. The quantitative estimate of drug-likeness (QED) is 0.629. The highest BCUT2D eigenvalue weighted by atomic mass is 35.5. The van der Waals surface area contributed by atoms with Crippen molar-refractivity contribution in [2.45, 2.75) is 52.5 Å². The van der Waals surface area contributed by atoms with Crippen molar-refractivity contribution in [2.75, 3.05) is 0 Å². The maximum atomic E-state index is 12.1. The monoisotopic (exact) mass is 258 g/mol. The average Bonchev–Trinajstić information content (AvgIpc) is 2.29. The molecule has 1 heterocycles. The molecule has 0 saturated heterocycles. The lowest BCUT2D eigenvalue weighted by Gasteiger charge is -2.08. The van der Waals surface area contributed by atoms with E-state index in [1.807, 2.05) is 6.92 Å². The van der Waals surface area contributed by atoms with Crippen molar-refractivity contribution in [1.82, 2.24) is 9.55 Å². The minimum Gasteiger partial charge on any atom is -0.297 e. The van der Waals surface area contributed by atoms with E-state index in [1.165, 1.54) is 4.57 Å². The molecule has 0 amide bonds. The fourth-order valence-electron chi connectivity index (χ4n) is 1.78. The molecule has 1 aromatic rings. The van der Waals surface area contributed by atoms with Gasteiger partial charge in [0.15, 0.2) is 0 Å². The minimum absolute atomic E-state index is 0.189. The van der Waals surface area contributed by atoms with E-state index in [1.54, 1.807) is 0 Å². The fraction of sp³-hybridized carbons (Fsp3) is 0.667. The third-order valence-corrected chi connectivity index (χ3v) is 3.04. The summed E-state index contributed by atoms with van der Waals surface area (Å²) in [6, 6.07) is 0. The molecule has 0 bridgehead atoms. The summed E-state index contributed by atoms with van der Waals surface area (Å²) < 4.78 is 1.26. The molecule has 0 unspecified atom stereocenters. The number of aromatic amines is 1. The number of nitrogens with zero attached hydrogens (tertiary/aromatic N) is 1. The van der Waals surface area contributed by atoms with Crippen LogP contribution in [0.3, 0.4) is 0 Å². The summed E-state index contributed by atoms with van der Waals surface area (Å²) in [5.74, 6) is 0. The van der Waals surface area contributed by atoms with Gasteiger partial charge in [0.1, 0.15) is 5.15 Å². The molecule has 0 aliphatic rings. The van der Waals surface area contributed by atoms with Gasteiger partial charge in [0.2, 0.25) is 0 Å². The summed E-state index contributed by atoms with van der Waals surface area (Å²) in [5.41, 5.74) is -0.127. The minimum atomic E-state index is -0.407. The zero-order valence-electron chi connectivity index (χ0n) is 10.4. The van der Waals surface area contributed by atoms with Crippen LogP contribution in [0.1, 0.15) is 45.1 Å². The van der Waals surface area contributed by atoms with E-state index >= 15 is 0 Å². The molecule has 17 heavy (non-hydrogen) atoms. The average molecular weight is 259 g/mol. The number of rotatable bonds is 6. The van der Waals surface area contributed by atoms with Crippen LogP contribution in [0.4, 0.5) is 0 Å². The Labute approximate surface area is 106 Å². The number of unbranched alkanes of at least 4 members (excludes halogenated alkanes) is 2. The molecule has 0 radical (unpaired) electrons. The second kappa shape index (κ2) is 6.64. The van der Waals surface area contributed by atoms with Crippen LogP contribution in [-0.2, 0) is 13.0 Å². The van der Waals surface area contributed by atoms with Crippen molar-refractivity contribution >= 4 is 11.6 Å². The summed E-state index contributed by atoms with van der Waals surface area (Å²) in [6.45, 7) is 4.52. The van der Waals surface area contributed by atoms with E-state index in [-0.39, 0.29) is 10.7 Å². The van der Waals surface area contributed by atoms with E-state index in [9.17, 15) is 9.59 Å². The van der Waals surface area contributed by atoms with Crippen LogP contribution in [0.25, 0.3) is 0 Å². The Hall–Kier alpha value is -1.03. The Kier molecular flexibility index (Phi) is 5.48. The van der Waals surface area contributed by atoms with Gasteiger partial charge >= 0.3 is 5.69 Å². The first kappa shape index (κ1) is 14.0. The van der Waals surface area contributed by atoms with Gasteiger partial charge in [0.25, 0.3) is 5.56 Å². The highest BCUT2D eigenvalue weighted by molar-refractivity contribution is 6.30. The molecule has 1 N–H and O–H groups in total. The van der Waals surface area contributed by atoms with E-state index < -0.39 is 5.69 Å². The van der Waals surface area contributed by atoms with Gasteiger partial charge in [-0.3, -0.25) is 14.3 Å². The largest absolute Gasteiger partial charge is 0.329 e. The summed E-state index contributed by atoms with van der Waals surface area (Å²) in [5, 5.41) is 0.189. The van der Waals surface area contributed by atoms with Crippen LogP contribution in [0.2, 0.25) is 5.15 Å². The molecular weight excluding hydrogens is 240 g/mol. The smallest absolute Gasteiger partial charge is 0.297 e. The zero-order valence-corrected chi connectivity index (χ0v) is 11.1. The molecule has 96 valence electrons. The molecule has 0 atom stereocenters. The number of halogens is 1. The molecule has 0 aromatic carbocycles. The first-order chi connectivity index (χ1) is 8.11. The van der Waals surface area contributed by atoms with Gasteiger partial charge in [0.05, 0.1) is 5.56 Å². The van der Waals surface area contributed by atoms with Gasteiger partial charge in [-0.15, -0.1) is 0 Å². The summed E-state index contributed by atoms with van der Waals surface area (Å²) in [4.78, 5) is 26.2. The summed E-state index contributed by atoms with van der Waals surface area (Å²) >= 11 is 5.88. The highest BCUT2D eigenvalue weighted by Crippen LogP contribution is 2.08. The summed E-state index contributed by atoms with van der Waals surface area (Å²) in [7, 11) is 0. The first-order valence-electron chi connectivity index (χ1n) is 6.13. The fourth-order valence-corrected chi connectivity index (χ4v) is 2.03. The van der Waals surface area contributed by atoms with E-state index in [4.69, 9.17) is 11.6 Å². The van der Waals surface area contributed by atoms with E-state index in [0.717, 1.165) is 25.7 Å². The predicted octanol–water partition coefficient (Wildman–Crippen LogP) is 2.33. The van der Waals surface area contributed by atoms with Crippen LogP contribution in [0.15, 0.2) is 9.59 Å². The molecule has 4 nitrogen and oxygen atoms in total. The van der Waals surface area contributed by atoms with Crippen LogP contribution < -0.4 is 11.2 Å². The molecule has 0 spiro atoms. The Morgan fingerprint density at radius 2 is 1.88 bits per heavy atom. The highest BCUT2D eigenvalue weighted by Gasteiger charge is 2.11. The molecule has 0 saturated carbocycles. The number of hydrogen-bond donors (Lipinski definition) is 1. The van der Waals surface area contributed by atoms with Crippen LogP contribution in [-0.4, -0.2) is 9.55 Å². The standard InChI is InChI=1S/C12H19ClN2O2/c1-3-5-6-8-15-11(16)9(7-4-2)10(13)14-12(15)17/h3-8H2,1-2H3,(H,14,17). The van der Waals surface area contributed by atoms with Gasteiger partial charge < -0.3 is 0 Å². The first-order valence-corrected chi connectivity index (χ1v) is 6.51. The Morgan fingerprint density at radius 3 is 2.47 bits per heavy atom. The maximum absolute atomic E-state index is 12.1. The number of H-pyrrole nitrogens is 1. The van der Waals surface area contributed by atoms with Gasteiger partial charge in [-0.05, 0) is 12.8 Å². The third kappa shape index (κ3) is 3.46. The number of nitrogens with one attached hydrogen (secondary N) is 1. The molecule has 1 aromatic heterocycles. The topological polar surface area (TPSA) is 54.9 Å². The molecular formula is C12H19ClN2O2. The molecule has 0 fully saturated rings. The lowest BCUT2D eigenvalue weighted by Crippen LogP contribution is -2.37. The van der Waals surface area contributed by atoms with E-state index in [0.29, 0.717) is 18.5 Å². The molecule has 5 heteroatoms. The van der Waals surface area contributed by atoms with Crippen LogP contribution in [0.5, 0.6) is 0 Å². The van der Waals surface area contributed by atoms with Crippen molar-refractivity contribution in [3.8, 4) is 0 Å². The number of aromatic nitrogens is 2. The lowest BCUT2D eigenvalue weighted by molar-refractivity contribution is 0.558. The normalized spacial score (nSPS) is 10.8. The van der Waals surface area contributed by atoms with Gasteiger partial charge in [-0.25, -0.2) is 4.79 Å². The molecule has 0 aliphatic heterocycles. The Balaban J connectivity index is 3.08. The van der Waals surface area contributed by atoms with Gasteiger partial charge in [-0.1, -0.05) is 44.7 Å². The molecule has 0 aliphatic carbocycles.